The van der Waals surface area contributed by atoms with Gasteiger partial charge in [-0.25, -0.2) is 4.98 Å². The average molecular weight is 173 g/mol. The molecule has 0 aliphatic rings. The van der Waals surface area contributed by atoms with Crippen LogP contribution >= 0.6 is 11.6 Å². The van der Waals surface area contributed by atoms with E-state index in [1.807, 2.05) is 12.5 Å². The number of halogens is 1. The Labute approximate surface area is 72.2 Å². The number of hydrogen-bond donors (Lipinski definition) is 0. The van der Waals surface area contributed by atoms with Crippen molar-refractivity contribution < 1.29 is 0 Å². The maximum absolute atomic E-state index is 5.69. The number of aryl methyl sites for hydroxylation is 1. The summed E-state index contributed by atoms with van der Waals surface area (Å²) in [5.41, 5.74) is 1.11. The highest BCUT2D eigenvalue weighted by Gasteiger charge is 1.97. The number of unbranched alkanes of at least 4 members (excludes halogenated alkanes) is 1. The van der Waals surface area contributed by atoms with E-state index in [1.165, 1.54) is 12.8 Å². The van der Waals surface area contributed by atoms with Crippen LogP contribution in [0.1, 0.15) is 25.5 Å². The fourth-order valence-corrected chi connectivity index (χ4v) is 1.21. The Morgan fingerprint density at radius 2 is 2.45 bits per heavy atom. The predicted molar refractivity (Wildman–Crippen MR) is 46.7 cm³/mol. The van der Waals surface area contributed by atoms with E-state index in [9.17, 15) is 0 Å². The zero-order valence-electron chi connectivity index (χ0n) is 6.76. The standard InChI is InChI=1S/C8H13ClN2/c1-2-3-4-11-7-10-6-8(11)5-9/h6-7H,2-5H2,1H3. The Hall–Kier alpha value is -0.500. The molecule has 0 spiro atoms. The van der Waals surface area contributed by atoms with E-state index in [2.05, 4.69) is 16.5 Å². The minimum absolute atomic E-state index is 0.559. The van der Waals surface area contributed by atoms with Gasteiger partial charge in [-0.15, -0.1) is 11.6 Å². The predicted octanol–water partition coefficient (Wildman–Crippen LogP) is 2.42. The van der Waals surface area contributed by atoms with Crippen LogP contribution in [-0.2, 0) is 12.4 Å². The summed E-state index contributed by atoms with van der Waals surface area (Å²) in [6, 6.07) is 0. The number of imidazole rings is 1. The van der Waals surface area contributed by atoms with Crippen LogP contribution in [0.2, 0.25) is 0 Å². The molecule has 0 N–H and O–H groups in total. The fourth-order valence-electron chi connectivity index (χ4n) is 0.989. The molecule has 0 bridgehead atoms. The Morgan fingerprint density at radius 1 is 1.64 bits per heavy atom. The van der Waals surface area contributed by atoms with E-state index in [4.69, 9.17) is 11.6 Å². The van der Waals surface area contributed by atoms with Crippen LogP contribution in [0, 0.1) is 0 Å². The van der Waals surface area contributed by atoms with Gasteiger partial charge < -0.3 is 4.57 Å². The maximum Gasteiger partial charge on any atom is 0.0948 e. The highest BCUT2D eigenvalue weighted by atomic mass is 35.5. The lowest BCUT2D eigenvalue weighted by atomic mass is 10.3. The monoisotopic (exact) mass is 172 g/mol. The minimum atomic E-state index is 0.559. The molecule has 0 saturated carbocycles. The van der Waals surface area contributed by atoms with Gasteiger partial charge in [0.2, 0.25) is 0 Å². The van der Waals surface area contributed by atoms with Gasteiger partial charge in [0.1, 0.15) is 0 Å². The molecule has 1 aromatic rings. The first-order valence-electron chi connectivity index (χ1n) is 3.93. The van der Waals surface area contributed by atoms with Gasteiger partial charge in [0.05, 0.1) is 17.9 Å². The average Bonchev–Trinajstić information content (AvgIpc) is 2.47. The quantitative estimate of drug-likeness (QED) is 0.638. The molecule has 0 atom stereocenters. The third-order valence-electron chi connectivity index (χ3n) is 1.69. The SMILES string of the molecule is CCCCn1cncc1CCl. The van der Waals surface area contributed by atoms with Crippen molar-refractivity contribution in [2.75, 3.05) is 0 Å². The van der Waals surface area contributed by atoms with Crippen molar-refractivity contribution in [1.82, 2.24) is 9.55 Å². The zero-order valence-corrected chi connectivity index (χ0v) is 7.51. The molecule has 62 valence electrons. The Bertz CT molecular complexity index is 208. The van der Waals surface area contributed by atoms with E-state index >= 15 is 0 Å². The van der Waals surface area contributed by atoms with Crippen LogP contribution in [0.15, 0.2) is 12.5 Å². The Morgan fingerprint density at radius 3 is 3.09 bits per heavy atom. The highest BCUT2D eigenvalue weighted by Crippen LogP contribution is 2.04. The summed E-state index contributed by atoms with van der Waals surface area (Å²) < 4.78 is 2.11. The van der Waals surface area contributed by atoms with Crippen molar-refractivity contribution in [2.45, 2.75) is 32.2 Å². The van der Waals surface area contributed by atoms with Crippen molar-refractivity contribution in [3.8, 4) is 0 Å². The summed E-state index contributed by atoms with van der Waals surface area (Å²) in [6.07, 6.45) is 6.07. The summed E-state index contributed by atoms with van der Waals surface area (Å²) in [7, 11) is 0. The molecule has 0 aromatic carbocycles. The Balaban J connectivity index is 2.54. The van der Waals surface area contributed by atoms with Crippen molar-refractivity contribution in [3.63, 3.8) is 0 Å². The normalized spacial score (nSPS) is 10.4. The van der Waals surface area contributed by atoms with E-state index in [-0.39, 0.29) is 0 Å². The lowest BCUT2D eigenvalue weighted by Gasteiger charge is -2.03. The van der Waals surface area contributed by atoms with Gasteiger partial charge in [0.25, 0.3) is 0 Å². The van der Waals surface area contributed by atoms with Gasteiger partial charge >= 0.3 is 0 Å². The first-order valence-corrected chi connectivity index (χ1v) is 4.47. The van der Waals surface area contributed by atoms with Crippen molar-refractivity contribution in [1.29, 1.82) is 0 Å². The van der Waals surface area contributed by atoms with Crippen LogP contribution in [0.3, 0.4) is 0 Å². The first kappa shape index (κ1) is 8.60. The molecule has 2 nitrogen and oxygen atoms in total. The molecular formula is C8H13ClN2. The van der Waals surface area contributed by atoms with E-state index in [0.717, 1.165) is 12.2 Å². The molecule has 0 saturated heterocycles. The number of alkyl halides is 1. The zero-order chi connectivity index (χ0) is 8.10. The molecule has 1 rings (SSSR count). The molecule has 0 radical (unpaired) electrons. The van der Waals surface area contributed by atoms with E-state index < -0.39 is 0 Å². The molecular weight excluding hydrogens is 160 g/mol. The van der Waals surface area contributed by atoms with Gasteiger partial charge in [0, 0.05) is 12.7 Å². The minimum Gasteiger partial charge on any atom is -0.333 e. The molecule has 0 unspecified atom stereocenters. The largest absolute Gasteiger partial charge is 0.333 e. The third-order valence-corrected chi connectivity index (χ3v) is 1.96. The summed E-state index contributed by atoms with van der Waals surface area (Å²) in [5.74, 6) is 0.559. The topological polar surface area (TPSA) is 17.8 Å². The van der Waals surface area contributed by atoms with Gasteiger partial charge in [-0.1, -0.05) is 13.3 Å². The number of hydrogen-bond acceptors (Lipinski definition) is 1. The van der Waals surface area contributed by atoms with Crippen LogP contribution < -0.4 is 0 Å². The fraction of sp³-hybridized carbons (Fsp3) is 0.625. The molecule has 0 amide bonds. The highest BCUT2D eigenvalue weighted by molar-refractivity contribution is 6.16. The summed E-state index contributed by atoms with van der Waals surface area (Å²) in [5, 5.41) is 0. The summed E-state index contributed by atoms with van der Waals surface area (Å²) >= 11 is 5.69. The molecule has 1 heterocycles. The second-order valence-corrected chi connectivity index (χ2v) is 2.83. The molecule has 0 fully saturated rings. The number of nitrogens with zero attached hydrogens (tertiary/aromatic N) is 2. The van der Waals surface area contributed by atoms with Gasteiger partial charge in [-0.2, -0.15) is 0 Å². The second kappa shape index (κ2) is 4.39. The van der Waals surface area contributed by atoms with Gasteiger partial charge in [0.15, 0.2) is 0 Å². The summed E-state index contributed by atoms with van der Waals surface area (Å²) in [4.78, 5) is 4.02. The van der Waals surface area contributed by atoms with Crippen molar-refractivity contribution in [2.24, 2.45) is 0 Å². The van der Waals surface area contributed by atoms with E-state index in [1.54, 1.807) is 0 Å². The van der Waals surface area contributed by atoms with Crippen molar-refractivity contribution >= 4 is 11.6 Å². The lowest BCUT2D eigenvalue weighted by Crippen LogP contribution is -1.99. The van der Waals surface area contributed by atoms with Gasteiger partial charge in [-0.05, 0) is 6.42 Å². The Kier molecular flexibility index (Phi) is 3.43. The number of aromatic nitrogens is 2. The van der Waals surface area contributed by atoms with Crippen LogP contribution in [-0.4, -0.2) is 9.55 Å². The summed E-state index contributed by atoms with van der Waals surface area (Å²) in [6.45, 7) is 3.22. The number of rotatable bonds is 4. The van der Waals surface area contributed by atoms with Crippen LogP contribution in [0.25, 0.3) is 0 Å². The molecule has 11 heavy (non-hydrogen) atoms. The van der Waals surface area contributed by atoms with Gasteiger partial charge in [-0.3, -0.25) is 0 Å². The second-order valence-electron chi connectivity index (χ2n) is 2.57. The van der Waals surface area contributed by atoms with Crippen LogP contribution in [0.4, 0.5) is 0 Å². The molecule has 3 heteroatoms. The first-order chi connectivity index (χ1) is 5.38. The molecule has 0 aliphatic carbocycles. The molecule has 0 aliphatic heterocycles. The van der Waals surface area contributed by atoms with E-state index in [0.29, 0.717) is 5.88 Å². The van der Waals surface area contributed by atoms with Crippen molar-refractivity contribution in [3.05, 3.63) is 18.2 Å². The van der Waals surface area contributed by atoms with Crippen LogP contribution in [0.5, 0.6) is 0 Å². The lowest BCUT2D eigenvalue weighted by molar-refractivity contribution is 0.617. The maximum atomic E-state index is 5.69. The molecule has 1 aromatic heterocycles. The smallest absolute Gasteiger partial charge is 0.0948 e. The third kappa shape index (κ3) is 2.22.